The van der Waals surface area contributed by atoms with Gasteiger partial charge in [-0.1, -0.05) is 71.3 Å². The van der Waals surface area contributed by atoms with Gasteiger partial charge in [-0.05, 0) is 81.1 Å². The van der Waals surface area contributed by atoms with E-state index in [1.54, 1.807) is 0 Å². The molecule has 33 heavy (non-hydrogen) atoms. The molecule has 0 aliphatic heterocycles. The number of unbranched alkanes of at least 4 members (excludes halogenated alkanes) is 7. The molecule has 0 radical (unpaired) electrons. The molecule has 0 spiro atoms. The zero-order valence-electron chi connectivity index (χ0n) is 21.6. The van der Waals surface area contributed by atoms with Crippen molar-refractivity contribution in [1.82, 2.24) is 0 Å². The zero-order chi connectivity index (χ0) is 23.4. The predicted molar refractivity (Wildman–Crippen MR) is 134 cm³/mol. The molecular formula is C30H48O3. The van der Waals surface area contributed by atoms with Gasteiger partial charge < -0.3 is 4.74 Å². The van der Waals surface area contributed by atoms with E-state index < -0.39 is 0 Å². The van der Waals surface area contributed by atoms with E-state index in [9.17, 15) is 9.59 Å². The van der Waals surface area contributed by atoms with Crippen LogP contribution in [0.2, 0.25) is 0 Å². The number of carbonyl (C=O) groups is 2. The first kappa shape index (κ1) is 25.0. The fourth-order valence-electron chi connectivity index (χ4n) is 8.12. The third-order valence-electron chi connectivity index (χ3n) is 10.1. The van der Waals surface area contributed by atoms with Crippen molar-refractivity contribution in [3.63, 3.8) is 0 Å². The highest BCUT2D eigenvalue weighted by molar-refractivity contribution is 5.93. The summed E-state index contributed by atoms with van der Waals surface area (Å²) in [4.78, 5) is 24.9. The van der Waals surface area contributed by atoms with Crippen LogP contribution in [0.1, 0.15) is 124 Å². The van der Waals surface area contributed by atoms with Gasteiger partial charge in [0.2, 0.25) is 0 Å². The standard InChI is InChI=1S/C30H48O3/c1-4-5-6-7-8-9-10-11-12-29(32)33-28-16-15-26-24-14-13-22-20-27(31)21(2)19-25(22)23(24)17-18-30(26,28)3/h20-21,23-26,28H,4-19H2,1-3H3/t21?,23-,24+,25-,26-,28-,30-/m0/s1. The molecular weight excluding hydrogens is 408 g/mol. The maximum absolute atomic E-state index is 12.7. The Morgan fingerprint density at radius 3 is 2.48 bits per heavy atom. The second-order valence-corrected chi connectivity index (χ2v) is 12.2. The lowest BCUT2D eigenvalue weighted by atomic mass is 9.51. The number of carbonyl (C=O) groups excluding carboxylic acids is 2. The van der Waals surface area contributed by atoms with Gasteiger partial charge in [-0.2, -0.15) is 0 Å². The van der Waals surface area contributed by atoms with Gasteiger partial charge in [0.1, 0.15) is 6.10 Å². The van der Waals surface area contributed by atoms with Crippen molar-refractivity contribution in [3.05, 3.63) is 11.6 Å². The Hall–Kier alpha value is -1.12. The van der Waals surface area contributed by atoms with Gasteiger partial charge in [-0.25, -0.2) is 0 Å². The van der Waals surface area contributed by atoms with E-state index >= 15 is 0 Å². The Kier molecular flexibility index (Phi) is 8.39. The highest BCUT2D eigenvalue weighted by Gasteiger charge is 2.57. The second kappa shape index (κ2) is 11.1. The van der Waals surface area contributed by atoms with Crippen molar-refractivity contribution < 1.29 is 14.3 Å². The first-order valence-corrected chi connectivity index (χ1v) is 14.4. The fraction of sp³-hybridized carbons (Fsp3) is 0.867. The molecule has 0 aromatic rings. The van der Waals surface area contributed by atoms with Crippen molar-refractivity contribution in [3.8, 4) is 0 Å². The van der Waals surface area contributed by atoms with Crippen LogP contribution in [0, 0.1) is 35.0 Å². The number of esters is 1. The second-order valence-electron chi connectivity index (χ2n) is 12.2. The Bertz CT molecular complexity index is 724. The Balaban J connectivity index is 1.25. The molecule has 0 aromatic heterocycles. The van der Waals surface area contributed by atoms with Gasteiger partial charge in [0, 0.05) is 17.8 Å². The molecule has 0 bridgehead atoms. The molecule has 7 atom stereocenters. The highest BCUT2D eigenvalue weighted by Crippen LogP contribution is 2.62. The van der Waals surface area contributed by atoms with Gasteiger partial charge in [0.15, 0.2) is 5.78 Å². The maximum atomic E-state index is 12.7. The predicted octanol–water partition coefficient (Wildman–Crippen LogP) is 7.82. The summed E-state index contributed by atoms with van der Waals surface area (Å²) >= 11 is 0. The van der Waals surface area contributed by atoms with Crippen LogP contribution in [-0.2, 0) is 14.3 Å². The molecule has 4 aliphatic rings. The monoisotopic (exact) mass is 456 g/mol. The number of rotatable bonds is 10. The van der Waals surface area contributed by atoms with Crippen molar-refractivity contribution in [2.75, 3.05) is 0 Å². The first-order valence-electron chi connectivity index (χ1n) is 14.4. The number of fused-ring (bicyclic) bond motifs is 5. The van der Waals surface area contributed by atoms with Crippen LogP contribution < -0.4 is 0 Å². The Labute approximate surface area is 202 Å². The summed E-state index contributed by atoms with van der Waals surface area (Å²) in [5, 5.41) is 0. The molecule has 0 heterocycles. The third-order valence-corrected chi connectivity index (χ3v) is 10.1. The number of hydrogen-bond donors (Lipinski definition) is 0. The van der Waals surface area contributed by atoms with E-state index in [0.717, 1.165) is 43.9 Å². The molecule has 3 fully saturated rings. The van der Waals surface area contributed by atoms with Crippen LogP contribution in [0.15, 0.2) is 11.6 Å². The molecule has 186 valence electrons. The fourth-order valence-corrected chi connectivity index (χ4v) is 8.12. The van der Waals surface area contributed by atoms with Crippen LogP contribution in [0.25, 0.3) is 0 Å². The average Bonchev–Trinajstić information content (AvgIpc) is 3.12. The minimum absolute atomic E-state index is 0.0449. The van der Waals surface area contributed by atoms with Crippen LogP contribution >= 0.6 is 0 Å². The lowest BCUT2D eigenvalue weighted by molar-refractivity contribution is -0.159. The molecule has 0 saturated heterocycles. The first-order chi connectivity index (χ1) is 15.9. The largest absolute Gasteiger partial charge is 0.462 e. The average molecular weight is 457 g/mol. The van der Waals surface area contributed by atoms with Crippen molar-refractivity contribution in [1.29, 1.82) is 0 Å². The quantitative estimate of drug-likeness (QED) is 0.249. The van der Waals surface area contributed by atoms with Crippen LogP contribution in [0.4, 0.5) is 0 Å². The molecule has 4 aliphatic carbocycles. The molecule has 3 nitrogen and oxygen atoms in total. The molecule has 0 aromatic carbocycles. The molecule has 3 heteroatoms. The minimum atomic E-state index is 0.0449. The smallest absolute Gasteiger partial charge is 0.306 e. The number of hydrogen-bond acceptors (Lipinski definition) is 3. The minimum Gasteiger partial charge on any atom is -0.462 e. The summed E-state index contributed by atoms with van der Waals surface area (Å²) in [6, 6.07) is 0. The highest BCUT2D eigenvalue weighted by atomic mass is 16.5. The van der Waals surface area contributed by atoms with Gasteiger partial charge in [-0.15, -0.1) is 0 Å². The summed E-state index contributed by atoms with van der Waals surface area (Å²) in [7, 11) is 0. The number of ketones is 1. The molecule has 0 amide bonds. The molecule has 0 N–H and O–H groups in total. The van der Waals surface area contributed by atoms with E-state index in [-0.39, 0.29) is 23.4 Å². The number of ether oxygens (including phenoxy) is 1. The number of allylic oxidation sites excluding steroid dienone is 1. The lowest BCUT2D eigenvalue weighted by Gasteiger charge is -2.53. The lowest BCUT2D eigenvalue weighted by Crippen LogP contribution is -2.48. The van der Waals surface area contributed by atoms with Crippen molar-refractivity contribution in [2.45, 2.75) is 130 Å². The summed E-state index contributed by atoms with van der Waals surface area (Å²) < 4.78 is 6.17. The van der Waals surface area contributed by atoms with Crippen LogP contribution in [-0.4, -0.2) is 17.9 Å². The summed E-state index contributed by atoms with van der Waals surface area (Å²) in [5.74, 6) is 3.40. The van der Waals surface area contributed by atoms with E-state index in [4.69, 9.17) is 4.74 Å². The summed E-state index contributed by atoms with van der Waals surface area (Å²) in [5.41, 5.74) is 1.61. The van der Waals surface area contributed by atoms with Gasteiger partial charge in [0.25, 0.3) is 0 Å². The molecule has 4 rings (SSSR count). The van der Waals surface area contributed by atoms with Gasteiger partial charge in [-0.3, -0.25) is 9.59 Å². The van der Waals surface area contributed by atoms with Crippen molar-refractivity contribution >= 4 is 11.8 Å². The molecule has 1 unspecified atom stereocenters. The van der Waals surface area contributed by atoms with Crippen LogP contribution in [0.3, 0.4) is 0 Å². The Morgan fingerprint density at radius 2 is 1.73 bits per heavy atom. The summed E-state index contributed by atoms with van der Waals surface area (Å²) in [6.07, 6.45) is 20.9. The van der Waals surface area contributed by atoms with E-state index in [2.05, 4.69) is 20.8 Å². The summed E-state index contributed by atoms with van der Waals surface area (Å²) in [6.45, 7) is 6.80. The maximum Gasteiger partial charge on any atom is 0.306 e. The van der Waals surface area contributed by atoms with Crippen molar-refractivity contribution in [2.24, 2.45) is 35.0 Å². The van der Waals surface area contributed by atoms with Gasteiger partial charge >= 0.3 is 5.97 Å². The third kappa shape index (κ3) is 5.43. The van der Waals surface area contributed by atoms with E-state index in [1.807, 2.05) is 6.08 Å². The SMILES string of the molecule is CCCCCCCCCCC(=O)O[C@H]1CC[C@H]2[C@@H]3CCC4=CC(=O)C(C)C[C@@H]4[C@H]3CC[C@]12C. The molecule has 3 saturated carbocycles. The topological polar surface area (TPSA) is 43.4 Å². The van der Waals surface area contributed by atoms with E-state index in [0.29, 0.717) is 24.0 Å². The Morgan fingerprint density at radius 1 is 1.00 bits per heavy atom. The van der Waals surface area contributed by atoms with Gasteiger partial charge in [0.05, 0.1) is 0 Å². The normalized spacial score (nSPS) is 37.7. The van der Waals surface area contributed by atoms with Crippen LogP contribution in [0.5, 0.6) is 0 Å². The zero-order valence-corrected chi connectivity index (χ0v) is 21.6. The van der Waals surface area contributed by atoms with E-state index in [1.165, 1.54) is 69.8 Å².